The molecule has 12 aromatic rings. The van der Waals surface area contributed by atoms with Crippen LogP contribution in [0.1, 0.15) is 0 Å². The summed E-state index contributed by atoms with van der Waals surface area (Å²) < 4.78 is 4.82. The van der Waals surface area contributed by atoms with Crippen LogP contribution in [0.4, 0.5) is 0 Å². The summed E-state index contributed by atoms with van der Waals surface area (Å²) in [6.45, 7) is 0. The summed E-state index contributed by atoms with van der Waals surface area (Å²) in [5.74, 6) is 0. The van der Waals surface area contributed by atoms with Crippen molar-refractivity contribution in [3.8, 4) is 67.1 Å². The lowest BCUT2D eigenvalue weighted by Gasteiger charge is -2.12. The molecule has 1 aliphatic carbocycles. The zero-order valence-corrected chi connectivity index (χ0v) is 32.5. The maximum absolute atomic E-state index is 5.14. The Bertz CT molecular complexity index is 3690. The summed E-state index contributed by atoms with van der Waals surface area (Å²) in [6, 6.07) is 75.2. The van der Waals surface area contributed by atoms with Gasteiger partial charge in [-0.1, -0.05) is 146 Å². The van der Waals surface area contributed by atoms with E-state index in [2.05, 4.69) is 222 Å². The van der Waals surface area contributed by atoms with Crippen molar-refractivity contribution in [3.05, 3.63) is 212 Å². The van der Waals surface area contributed by atoms with Crippen molar-refractivity contribution in [1.82, 2.24) is 14.1 Å². The highest BCUT2D eigenvalue weighted by atomic mass is 15.0. The molecule has 0 saturated heterocycles. The van der Waals surface area contributed by atoms with Crippen LogP contribution in [-0.2, 0) is 0 Å². The van der Waals surface area contributed by atoms with E-state index in [1.54, 1.807) is 0 Å². The number of hydrogen-bond donors (Lipinski definition) is 0. The van der Waals surface area contributed by atoms with Gasteiger partial charge in [-0.3, -0.25) is 4.98 Å². The van der Waals surface area contributed by atoms with E-state index < -0.39 is 0 Å². The molecule has 0 fully saturated rings. The molecule has 0 saturated carbocycles. The van der Waals surface area contributed by atoms with Gasteiger partial charge in [0.1, 0.15) is 0 Å². The molecule has 0 unspecified atom stereocenters. The first-order chi connectivity index (χ1) is 29.8. The zero-order valence-electron chi connectivity index (χ0n) is 32.5. The second-order valence-corrected chi connectivity index (χ2v) is 15.9. The van der Waals surface area contributed by atoms with E-state index in [0.717, 1.165) is 22.6 Å². The zero-order chi connectivity index (χ0) is 39.3. The van der Waals surface area contributed by atoms with Gasteiger partial charge in [-0.2, -0.15) is 0 Å². The molecule has 60 heavy (non-hydrogen) atoms. The van der Waals surface area contributed by atoms with Gasteiger partial charge >= 0.3 is 0 Å². The van der Waals surface area contributed by atoms with Crippen LogP contribution in [0.3, 0.4) is 0 Å². The molecule has 3 aromatic heterocycles. The summed E-state index contributed by atoms with van der Waals surface area (Å²) >= 11 is 0. The molecular weight excluding hydrogens is 727 g/mol. The Hall–Kier alpha value is -8.01. The minimum absolute atomic E-state index is 1.01. The second-order valence-electron chi connectivity index (χ2n) is 15.9. The minimum Gasteiger partial charge on any atom is -0.309 e. The third kappa shape index (κ3) is 4.81. The van der Waals surface area contributed by atoms with Crippen LogP contribution < -0.4 is 0 Å². The highest BCUT2D eigenvalue weighted by molar-refractivity contribution is 6.18. The molecule has 0 radical (unpaired) electrons. The van der Waals surface area contributed by atoms with E-state index in [4.69, 9.17) is 4.98 Å². The van der Waals surface area contributed by atoms with Gasteiger partial charge in [0, 0.05) is 61.0 Å². The third-order valence-corrected chi connectivity index (χ3v) is 12.7. The maximum Gasteiger partial charge on any atom is 0.0781 e. The summed E-state index contributed by atoms with van der Waals surface area (Å²) in [7, 11) is 0. The molecule has 0 aliphatic heterocycles. The lowest BCUT2D eigenvalue weighted by atomic mass is 9.99. The average Bonchev–Trinajstić information content (AvgIpc) is 3.95. The molecule has 0 N–H and O–H groups in total. The fourth-order valence-electron chi connectivity index (χ4n) is 10.0. The molecule has 0 atom stereocenters. The minimum atomic E-state index is 1.01. The van der Waals surface area contributed by atoms with Gasteiger partial charge in [-0.05, 0) is 99.6 Å². The normalized spacial score (nSPS) is 12.0. The highest BCUT2D eigenvalue weighted by Gasteiger charge is 2.23. The summed E-state index contributed by atoms with van der Waals surface area (Å²) in [5, 5.41) is 7.43. The number of aromatic nitrogens is 3. The maximum atomic E-state index is 5.14. The summed E-state index contributed by atoms with van der Waals surface area (Å²) in [6.07, 6.45) is 2.07. The number of nitrogens with zero attached hydrogens (tertiary/aromatic N) is 3. The first kappa shape index (κ1) is 33.0. The Morgan fingerprint density at radius 3 is 1.42 bits per heavy atom. The molecule has 3 nitrogen and oxygen atoms in total. The SMILES string of the molecule is c1ccc(-c2cccc(-n3c4ccccc4c4cc(-c5ccc6c(c5)c5ccccc5n6-c5cccc(-c6ncc7c8c(cccc68)-c6ccccc6-7)c5)ccc43)c2)cc1. The second kappa shape index (κ2) is 12.7. The fraction of sp³-hybridized carbons (Fsp3) is 0. The quantitative estimate of drug-likeness (QED) is 0.171. The van der Waals surface area contributed by atoms with Crippen molar-refractivity contribution in [2.45, 2.75) is 0 Å². The highest BCUT2D eigenvalue weighted by Crippen LogP contribution is 2.48. The summed E-state index contributed by atoms with van der Waals surface area (Å²) in [5.41, 5.74) is 19.0. The first-order valence-electron chi connectivity index (χ1n) is 20.6. The standard InChI is InChI=1S/C57H35N3/c1-2-13-36(14-3-1)37-15-10-17-41(31-37)59-52-25-8-6-21-45(52)49-33-38(27-29-54(49)59)39-28-30-55-50(34-39)46-22-7-9-26-53(46)60(55)42-18-11-16-40(32-42)57-48-24-12-23-47-43-19-4-5-20-44(43)51(35-58-57)56(47)48/h1-35H. The van der Waals surface area contributed by atoms with E-state index in [1.807, 2.05) is 0 Å². The van der Waals surface area contributed by atoms with Crippen LogP contribution >= 0.6 is 0 Å². The van der Waals surface area contributed by atoms with E-state index in [1.165, 1.54) is 98.9 Å². The molecule has 1 aliphatic rings. The molecule has 0 amide bonds. The van der Waals surface area contributed by atoms with Gasteiger partial charge in [-0.25, -0.2) is 0 Å². The molecule has 3 heterocycles. The predicted octanol–water partition coefficient (Wildman–Crippen LogP) is 15.1. The topological polar surface area (TPSA) is 22.8 Å². The number of rotatable bonds is 5. The predicted molar refractivity (Wildman–Crippen MR) is 251 cm³/mol. The van der Waals surface area contributed by atoms with Crippen LogP contribution in [0.2, 0.25) is 0 Å². The summed E-state index contributed by atoms with van der Waals surface area (Å²) in [4.78, 5) is 5.14. The van der Waals surface area contributed by atoms with Crippen LogP contribution in [-0.4, -0.2) is 14.1 Å². The Balaban J connectivity index is 0.934. The van der Waals surface area contributed by atoms with Gasteiger partial charge in [0.05, 0.1) is 27.8 Å². The number of hydrogen-bond acceptors (Lipinski definition) is 1. The van der Waals surface area contributed by atoms with Crippen LogP contribution in [0.15, 0.2) is 212 Å². The average molecular weight is 762 g/mol. The molecule has 278 valence electrons. The third-order valence-electron chi connectivity index (χ3n) is 12.7. The monoisotopic (exact) mass is 761 g/mol. The molecule has 13 rings (SSSR count). The Labute approximate surface area is 346 Å². The Morgan fingerprint density at radius 2 is 0.750 bits per heavy atom. The first-order valence-corrected chi connectivity index (χ1v) is 20.6. The van der Waals surface area contributed by atoms with E-state index in [0.29, 0.717) is 0 Å². The largest absolute Gasteiger partial charge is 0.309 e. The number of fused-ring (bicyclic) bond motifs is 9. The lowest BCUT2D eigenvalue weighted by Crippen LogP contribution is -1.95. The van der Waals surface area contributed by atoms with Crippen molar-refractivity contribution < 1.29 is 0 Å². The van der Waals surface area contributed by atoms with Gasteiger partial charge in [0.25, 0.3) is 0 Å². The van der Waals surface area contributed by atoms with Crippen molar-refractivity contribution in [3.63, 3.8) is 0 Å². The molecule has 3 heteroatoms. The van der Waals surface area contributed by atoms with Gasteiger partial charge in [0.15, 0.2) is 0 Å². The lowest BCUT2D eigenvalue weighted by molar-refractivity contribution is 1.18. The fourth-order valence-corrected chi connectivity index (χ4v) is 10.0. The van der Waals surface area contributed by atoms with Gasteiger partial charge in [0.2, 0.25) is 0 Å². The van der Waals surface area contributed by atoms with Crippen molar-refractivity contribution in [2.75, 3.05) is 0 Å². The number of para-hydroxylation sites is 2. The number of benzene rings is 9. The smallest absolute Gasteiger partial charge is 0.0781 e. The van der Waals surface area contributed by atoms with E-state index >= 15 is 0 Å². The van der Waals surface area contributed by atoms with Crippen molar-refractivity contribution in [2.24, 2.45) is 0 Å². The van der Waals surface area contributed by atoms with Crippen molar-refractivity contribution in [1.29, 1.82) is 0 Å². The van der Waals surface area contributed by atoms with E-state index in [-0.39, 0.29) is 0 Å². The van der Waals surface area contributed by atoms with Crippen LogP contribution in [0.5, 0.6) is 0 Å². The van der Waals surface area contributed by atoms with Crippen LogP contribution in [0, 0.1) is 0 Å². The van der Waals surface area contributed by atoms with Crippen LogP contribution in [0.25, 0.3) is 122 Å². The molecule has 9 aromatic carbocycles. The van der Waals surface area contributed by atoms with Gasteiger partial charge in [-0.15, -0.1) is 0 Å². The Morgan fingerprint density at radius 1 is 0.283 bits per heavy atom. The number of pyridine rings is 1. The van der Waals surface area contributed by atoms with E-state index in [9.17, 15) is 0 Å². The van der Waals surface area contributed by atoms with Crippen molar-refractivity contribution >= 4 is 54.4 Å². The molecule has 0 bridgehead atoms. The van der Waals surface area contributed by atoms with Gasteiger partial charge < -0.3 is 9.13 Å². The Kier molecular flexibility index (Phi) is 7.01. The molecule has 0 spiro atoms. The molecular formula is C57H35N3.